The van der Waals surface area contributed by atoms with Crippen LogP contribution in [-0.2, 0) is 10.2 Å². The minimum absolute atomic E-state index is 0.119. The highest BCUT2D eigenvalue weighted by Crippen LogP contribution is 2.30. The van der Waals surface area contributed by atoms with Crippen LogP contribution in [0, 0.1) is 17.8 Å². The van der Waals surface area contributed by atoms with Crippen molar-refractivity contribution in [2.45, 2.75) is 58.9 Å². The maximum atomic E-state index is 12.4. The third-order valence-electron chi connectivity index (χ3n) is 5.09. The van der Waals surface area contributed by atoms with Gasteiger partial charge in [-0.1, -0.05) is 33.6 Å². The van der Waals surface area contributed by atoms with Crippen LogP contribution >= 0.6 is 0 Å². The number of nitrogens with zero attached hydrogens (tertiary/aromatic N) is 1. The third kappa shape index (κ3) is 3.70. The Kier molecular flexibility index (Phi) is 4.90. The molecule has 4 nitrogen and oxygen atoms in total. The molecule has 3 atom stereocenters. The van der Waals surface area contributed by atoms with E-state index in [1.807, 2.05) is 0 Å². The number of hydrogen-bond acceptors (Lipinski definition) is 2. The van der Waals surface area contributed by atoms with Gasteiger partial charge in [-0.2, -0.15) is 17.4 Å². The molecule has 1 aliphatic heterocycles. The molecule has 1 N–H and O–H groups in total. The molecule has 0 amide bonds. The molecule has 1 heterocycles. The summed E-state index contributed by atoms with van der Waals surface area (Å²) in [6.45, 7) is 7.95. The fourth-order valence-electron chi connectivity index (χ4n) is 3.24. The van der Waals surface area contributed by atoms with Crippen LogP contribution in [-0.4, -0.2) is 31.9 Å². The molecule has 1 saturated heterocycles. The topological polar surface area (TPSA) is 49.4 Å². The average Bonchev–Trinajstić information content (AvgIpc) is 2.35. The Morgan fingerprint density at radius 2 is 1.63 bits per heavy atom. The lowest BCUT2D eigenvalue weighted by atomic mass is 9.78. The van der Waals surface area contributed by atoms with Crippen molar-refractivity contribution in [1.29, 1.82) is 0 Å². The summed E-state index contributed by atoms with van der Waals surface area (Å²) in [5, 5.41) is 0. The van der Waals surface area contributed by atoms with Gasteiger partial charge in [0.2, 0.25) is 0 Å². The molecule has 0 aromatic heterocycles. The minimum atomic E-state index is -3.28. The van der Waals surface area contributed by atoms with Gasteiger partial charge in [0, 0.05) is 19.1 Å². The first-order valence-electron chi connectivity index (χ1n) is 7.67. The van der Waals surface area contributed by atoms with Gasteiger partial charge in [-0.25, -0.2) is 0 Å². The van der Waals surface area contributed by atoms with Gasteiger partial charge in [-0.05, 0) is 37.0 Å². The Balaban J connectivity index is 1.96. The van der Waals surface area contributed by atoms with Crippen molar-refractivity contribution < 1.29 is 8.42 Å². The first-order valence-corrected chi connectivity index (χ1v) is 9.11. The van der Waals surface area contributed by atoms with E-state index in [9.17, 15) is 8.42 Å². The van der Waals surface area contributed by atoms with Crippen LogP contribution in [0.2, 0.25) is 0 Å². The molecule has 0 radical (unpaired) electrons. The van der Waals surface area contributed by atoms with Gasteiger partial charge in [-0.15, -0.1) is 0 Å². The Labute approximate surface area is 118 Å². The van der Waals surface area contributed by atoms with Gasteiger partial charge < -0.3 is 0 Å². The maximum Gasteiger partial charge on any atom is 0.279 e. The summed E-state index contributed by atoms with van der Waals surface area (Å²) in [4.78, 5) is 0. The highest BCUT2D eigenvalue weighted by molar-refractivity contribution is 7.87. The second-order valence-corrected chi connectivity index (χ2v) is 8.28. The Morgan fingerprint density at radius 1 is 1.00 bits per heavy atom. The summed E-state index contributed by atoms with van der Waals surface area (Å²) in [6, 6.07) is 0.119. The molecule has 0 aromatic carbocycles. The quantitative estimate of drug-likeness (QED) is 0.867. The van der Waals surface area contributed by atoms with Gasteiger partial charge in [0.05, 0.1) is 0 Å². The molecule has 1 saturated carbocycles. The van der Waals surface area contributed by atoms with E-state index in [2.05, 4.69) is 25.5 Å². The first-order chi connectivity index (χ1) is 8.90. The van der Waals surface area contributed by atoms with Crippen LogP contribution in [0.4, 0.5) is 0 Å². The van der Waals surface area contributed by atoms with E-state index in [0.29, 0.717) is 30.8 Å². The third-order valence-corrected chi connectivity index (χ3v) is 6.74. The molecule has 0 aromatic rings. The average molecular weight is 288 g/mol. The van der Waals surface area contributed by atoms with Gasteiger partial charge >= 0.3 is 0 Å². The summed E-state index contributed by atoms with van der Waals surface area (Å²) in [6.07, 6.45) is 5.31. The van der Waals surface area contributed by atoms with Crippen LogP contribution in [0.25, 0.3) is 0 Å². The lowest BCUT2D eigenvalue weighted by Gasteiger charge is -2.37. The number of hydrogen-bond donors (Lipinski definition) is 1. The lowest BCUT2D eigenvalue weighted by Crippen LogP contribution is -2.51. The fraction of sp³-hybridized carbons (Fsp3) is 1.00. The van der Waals surface area contributed by atoms with E-state index in [1.54, 1.807) is 4.31 Å². The zero-order chi connectivity index (χ0) is 14.0. The van der Waals surface area contributed by atoms with E-state index in [0.717, 1.165) is 25.7 Å². The van der Waals surface area contributed by atoms with E-state index in [-0.39, 0.29) is 6.04 Å². The van der Waals surface area contributed by atoms with Crippen molar-refractivity contribution in [1.82, 2.24) is 9.03 Å². The molecule has 2 aliphatic rings. The van der Waals surface area contributed by atoms with E-state index in [4.69, 9.17) is 0 Å². The first kappa shape index (κ1) is 15.3. The molecule has 0 spiro atoms. The Morgan fingerprint density at radius 3 is 2.26 bits per heavy atom. The van der Waals surface area contributed by atoms with Crippen LogP contribution in [0.15, 0.2) is 0 Å². The predicted octanol–water partition coefficient (Wildman–Crippen LogP) is 2.38. The molecule has 2 fully saturated rings. The van der Waals surface area contributed by atoms with Crippen LogP contribution in [0.3, 0.4) is 0 Å². The van der Waals surface area contributed by atoms with Crippen molar-refractivity contribution in [2.75, 3.05) is 13.1 Å². The van der Waals surface area contributed by atoms with Crippen LogP contribution in [0.5, 0.6) is 0 Å². The molecule has 2 rings (SSSR count). The minimum Gasteiger partial charge on any atom is -0.199 e. The standard InChI is InChI=1S/C14H28N2O2S/c1-11-7-9-16(10-8-11)19(17,18)15-14-6-4-5-12(2)13(14)3/h11-15H,4-10H2,1-3H3/t12-,13-,14+/m0/s1. The van der Waals surface area contributed by atoms with Crippen molar-refractivity contribution >= 4 is 10.2 Å². The smallest absolute Gasteiger partial charge is 0.199 e. The molecule has 112 valence electrons. The van der Waals surface area contributed by atoms with E-state index in [1.165, 1.54) is 6.42 Å². The van der Waals surface area contributed by atoms with Gasteiger partial charge in [-0.3, -0.25) is 0 Å². The molecular weight excluding hydrogens is 260 g/mol. The largest absolute Gasteiger partial charge is 0.279 e. The number of piperidine rings is 1. The Hall–Kier alpha value is -0.130. The van der Waals surface area contributed by atoms with Gasteiger partial charge in [0.1, 0.15) is 0 Å². The molecule has 0 bridgehead atoms. The number of nitrogens with one attached hydrogen (secondary N) is 1. The summed E-state index contributed by atoms with van der Waals surface area (Å²) >= 11 is 0. The van der Waals surface area contributed by atoms with Gasteiger partial charge in [0.25, 0.3) is 10.2 Å². The lowest BCUT2D eigenvalue weighted by molar-refractivity contribution is 0.219. The fourth-order valence-corrected chi connectivity index (χ4v) is 4.80. The monoisotopic (exact) mass is 288 g/mol. The van der Waals surface area contributed by atoms with E-state index >= 15 is 0 Å². The highest BCUT2D eigenvalue weighted by Gasteiger charge is 2.33. The molecule has 1 aliphatic carbocycles. The second-order valence-electron chi connectivity index (χ2n) is 6.58. The normalized spacial score (nSPS) is 35.4. The second kappa shape index (κ2) is 6.10. The molecule has 19 heavy (non-hydrogen) atoms. The van der Waals surface area contributed by atoms with E-state index < -0.39 is 10.2 Å². The molecule has 0 unspecified atom stereocenters. The highest BCUT2D eigenvalue weighted by atomic mass is 32.2. The predicted molar refractivity (Wildman–Crippen MR) is 78.0 cm³/mol. The van der Waals surface area contributed by atoms with Crippen LogP contribution < -0.4 is 4.72 Å². The maximum absolute atomic E-state index is 12.4. The van der Waals surface area contributed by atoms with Crippen molar-refractivity contribution in [3.05, 3.63) is 0 Å². The van der Waals surface area contributed by atoms with Crippen molar-refractivity contribution in [3.8, 4) is 0 Å². The Bertz CT molecular complexity index is 388. The van der Waals surface area contributed by atoms with Crippen LogP contribution in [0.1, 0.15) is 52.9 Å². The summed E-state index contributed by atoms with van der Waals surface area (Å²) in [7, 11) is -3.28. The zero-order valence-electron chi connectivity index (χ0n) is 12.4. The van der Waals surface area contributed by atoms with Gasteiger partial charge in [0.15, 0.2) is 0 Å². The zero-order valence-corrected chi connectivity index (χ0v) is 13.2. The SMILES string of the molecule is CC1CCN(S(=O)(=O)N[C@@H]2CCC[C@H](C)[C@@H]2C)CC1. The number of rotatable bonds is 3. The summed E-state index contributed by atoms with van der Waals surface area (Å²) < 4.78 is 29.5. The van der Waals surface area contributed by atoms with Crippen molar-refractivity contribution in [2.24, 2.45) is 17.8 Å². The summed E-state index contributed by atoms with van der Waals surface area (Å²) in [5.74, 6) is 1.70. The summed E-state index contributed by atoms with van der Waals surface area (Å²) in [5.41, 5.74) is 0. The molecular formula is C14H28N2O2S. The van der Waals surface area contributed by atoms with Crippen molar-refractivity contribution in [3.63, 3.8) is 0 Å². The molecule has 5 heteroatoms.